The number of carbonyl (C=O) groups excluding carboxylic acids is 1. The normalized spacial score (nSPS) is 21.4. The summed E-state index contributed by atoms with van der Waals surface area (Å²) >= 11 is 0. The fourth-order valence-corrected chi connectivity index (χ4v) is 2.65. The molecule has 9 heteroatoms. The molecule has 0 spiro atoms. The van der Waals surface area contributed by atoms with E-state index in [1.54, 1.807) is 4.90 Å². The molecule has 1 amide bonds. The van der Waals surface area contributed by atoms with Crippen molar-refractivity contribution in [2.75, 3.05) is 12.3 Å². The minimum Gasteiger partial charge on any atom is -0.480 e. The van der Waals surface area contributed by atoms with Gasteiger partial charge in [0.05, 0.1) is 11.3 Å². The maximum Gasteiger partial charge on any atom is 0.325 e. The number of fused-ring (bicyclic) bond motifs is 1. The van der Waals surface area contributed by atoms with Crippen LogP contribution in [-0.4, -0.2) is 54.5 Å². The van der Waals surface area contributed by atoms with Gasteiger partial charge in [0, 0.05) is 12.7 Å². The molecule has 108 valence electrons. The number of amidine groups is 1. The summed E-state index contributed by atoms with van der Waals surface area (Å²) in [4.78, 5) is 24.0. The van der Waals surface area contributed by atoms with Gasteiger partial charge in [-0.15, -0.1) is 4.40 Å². The number of aliphatic carboxylic acids is 1. The average Bonchev–Trinajstić information content (AvgIpc) is 2.36. The minimum absolute atomic E-state index is 0.124. The molecule has 0 aromatic rings. The molecule has 0 saturated heterocycles. The molecular formula is C11H13N3O5S. The summed E-state index contributed by atoms with van der Waals surface area (Å²) in [6, 6.07) is -1.01. The van der Waals surface area contributed by atoms with Crippen LogP contribution in [0.1, 0.15) is 6.92 Å². The summed E-state index contributed by atoms with van der Waals surface area (Å²) in [6.45, 7) is 1.56. The average molecular weight is 299 g/mol. The third-order valence-corrected chi connectivity index (χ3v) is 3.97. The molecule has 20 heavy (non-hydrogen) atoms. The van der Waals surface area contributed by atoms with Crippen molar-refractivity contribution in [2.45, 2.75) is 13.0 Å². The molecule has 1 atom stereocenters. The van der Waals surface area contributed by atoms with Gasteiger partial charge in [-0.1, -0.05) is 0 Å². The van der Waals surface area contributed by atoms with E-state index >= 15 is 0 Å². The van der Waals surface area contributed by atoms with Crippen LogP contribution in [0.3, 0.4) is 0 Å². The highest BCUT2D eigenvalue weighted by Crippen LogP contribution is 2.15. The first kappa shape index (κ1) is 14.3. The van der Waals surface area contributed by atoms with Crippen LogP contribution in [0.4, 0.5) is 0 Å². The van der Waals surface area contributed by atoms with Gasteiger partial charge in [0.2, 0.25) is 0 Å². The van der Waals surface area contributed by atoms with Crippen LogP contribution in [0.2, 0.25) is 0 Å². The second-order valence-electron chi connectivity index (χ2n) is 4.38. The third kappa shape index (κ3) is 3.05. The number of rotatable bonds is 3. The molecule has 2 heterocycles. The number of amides is 1. The van der Waals surface area contributed by atoms with Gasteiger partial charge < -0.3 is 15.3 Å². The Morgan fingerprint density at radius 1 is 1.45 bits per heavy atom. The molecule has 2 rings (SSSR count). The lowest BCUT2D eigenvalue weighted by molar-refractivity contribution is -0.140. The van der Waals surface area contributed by atoms with Gasteiger partial charge >= 0.3 is 5.97 Å². The summed E-state index contributed by atoms with van der Waals surface area (Å²) in [5.74, 6) is -1.55. The summed E-state index contributed by atoms with van der Waals surface area (Å²) in [6.07, 6.45) is 4.27. The molecule has 1 unspecified atom stereocenters. The van der Waals surface area contributed by atoms with Crippen LogP contribution in [0, 0.1) is 0 Å². The molecule has 2 aliphatic rings. The van der Waals surface area contributed by atoms with E-state index in [-0.39, 0.29) is 23.7 Å². The predicted molar refractivity (Wildman–Crippen MR) is 70.4 cm³/mol. The third-order valence-electron chi connectivity index (χ3n) is 2.80. The molecule has 0 aromatic heterocycles. The van der Waals surface area contributed by atoms with Gasteiger partial charge in [-0.25, -0.2) is 8.42 Å². The lowest BCUT2D eigenvalue weighted by Crippen LogP contribution is -2.41. The fourth-order valence-electron chi connectivity index (χ4n) is 1.68. The molecule has 0 bridgehead atoms. The highest BCUT2D eigenvalue weighted by molar-refractivity contribution is 7.90. The summed E-state index contributed by atoms with van der Waals surface area (Å²) < 4.78 is 26.2. The molecule has 2 aliphatic heterocycles. The van der Waals surface area contributed by atoms with E-state index in [1.807, 2.05) is 0 Å². The van der Waals surface area contributed by atoms with E-state index in [4.69, 9.17) is 5.11 Å². The van der Waals surface area contributed by atoms with Crippen molar-refractivity contribution in [3.63, 3.8) is 0 Å². The standard InChI is InChI=1S/C11H13N3O5S/c1-7(11(16)17)12-10(15)8-2-3-9-13-20(18,19)5-4-14(9)6-8/h2-3,6-7H,4-5H2,1H3,(H,12,15)(H,16,17). The predicted octanol–water partition coefficient (Wildman–Crippen LogP) is -0.927. The zero-order valence-corrected chi connectivity index (χ0v) is 11.4. The highest BCUT2D eigenvalue weighted by atomic mass is 32.2. The molecule has 0 saturated carbocycles. The maximum absolute atomic E-state index is 11.8. The number of nitrogens with one attached hydrogen (secondary N) is 1. The zero-order valence-electron chi connectivity index (χ0n) is 10.6. The van der Waals surface area contributed by atoms with Crippen LogP contribution in [0.5, 0.6) is 0 Å². The lowest BCUT2D eigenvalue weighted by Gasteiger charge is -2.27. The van der Waals surface area contributed by atoms with Gasteiger partial charge in [-0.3, -0.25) is 9.59 Å². The Morgan fingerprint density at radius 3 is 2.80 bits per heavy atom. The fraction of sp³-hybridized carbons (Fsp3) is 0.364. The molecule has 8 nitrogen and oxygen atoms in total. The first-order chi connectivity index (χ1) is 9.28. The van der Waals surface area contributed by atoms with Gasteiger partial charge in [-0.2, -0.15) is 0 Å². The van der Waals surface area contributed by atoms with Gasteiger partial charge in [0.25, 0.3) is 15.9 Å². The molecule has 0 aromatic carbocycles. The molecule has 0 aliphatic carbocycles. The first-order valence-electron chi connectivity index (χ1n) is 5.81. The number of carbonyl (C=O) groups is 2. The first-order valence-corrected chi connectivity index (χ1v) is 7.42. The highest BCUT2D eigenvalue weighted by Gasteiger charge is 2.25. The smallest absolute Gasteiger partial charge is 0.325 e. The molecule has 2 N–H and O–H groups in total. The number of nitrogens with zero attached hydrogens (tertiary/aromatic N) is 2. The van der Waals surface area contributed by atoms with Crippen molar-refractivity contribution in [3.8, 4) is 0 Å². The lowest BCUT2D eigenvalue weighted by atomic mass is 10.1. The van der Waals surface area contributed by atoms with Crippen LogP contribution in [0.15, 0.2) is 28.3 Å². The number of carboxylic acids is 1. The van der Waals surface area contributed by atoms with Crippen LogP contribution >= 0.6 is 0 Å². The van der Waals surface area contributed by atoms with E-state index in [1.165, 1.54) is 25.3 Å². The molecular weight excluding hydrogens is 286 g/mol. The summed E-state index contributed by atoms with van der Waals surface area (Å²) in [5.41, 5.74) is 0.247. The Hall–Kier alpha value is -2.16. The number of carboxylic acid groups (broad SMARTS) is 1. The number of hydrogen-bond acceptors (Lipinski definition) is 5. The van der Waals surface area contributed by atoms with Crippen molar-refractivity contribution in [3.05, 3.63) is 23.9 Å². The van der Waals surface area contributed by atoms with Crippen LogP contribution in [0.25, 0.3) is 0 Å². The van der Waals surface area contributed by atoms with Crippen LogP contribution < -0.4 is 5.32 Å². The zero-order chi connectivity index (χ0) is 14.9. The quantitative estimate of drug-likeness (QED) is 0.695. The largest absolute Gasteiger partial charge is 0.480 e. The Bertz CT molecular complexity index is 647. The van der Waals surface area contributed by atoms with Crippen molar-refractivity contribution in [1.82, 2.24) is 10.2 Å². The van der Waals surface area contributed by atoms with Gasteiger partial charge in [0.1, 0.15) is 11.9 Å². The topological polar surface area (TPSA) is 116 Å². The summed E-state index contributed by atoms with van der Waals surface area (Å²) in [5, 5.41) is 11.0. The summed E-state index contributed by atoms with van der Waals surface area (Å²) in [7, 11) is -3.43. The van der Waals surface area contributed by atoms with Crippen molar-refractivity contribution in [2.24, 2.45) is 4.40 Å². The van der Waals surface area contributed by atoms with E-state index < -0.39 is 27.9 Å². The van der Waals surface area contributed by atoms with E-state index in [0.717, 1.165) is 0 Å². The van der Waals surface area contributed by atoms with E-state index in [9.17, 15) is 18.0 Å². The molecule has 0 radical (unpaired) electrons. The Morgan fingerprint density at radius 2 is 2.15 bits per heavy atom. The van der Waals surface area contributed by atoms with Crippen molar-refractivity contribution < 1.29 is 23.1 Å². The number of sulfonamides is 1. The van der Waals surface area contributed by atoms with E-state index in [2.05, 4.69) is 9.71 Å². The van der Waals surface area contributed by atoms with Crippen LogP contribution in [-0.2, 0) is 19.6 Å². The monoisotopic (exact) mass is 299 g/mol. The SMILES string of the molecule is CC(NC(=O)C1=CN2CCS(=O)(=O)N=C2C=C1)C(=O)O. The Labute approximate surface area is 115 Å². The minimum atomic E-state index is -3.43. The maximum atomic E-state index is 11.8. The Kier molecular flexibility index (Phi) is 3.62. The van der Waals surface area contributed by atoms with E-state index in [0.29, 0.717) is 0 Å². The molecule has 0 fully saturated rings. The van der Waals surface area contributed by atoms with Gasteiger partial charge in [-0.05, 0) is 19.1 Å². The van der Waals surface area contributed by atoms with Gasteiger partial charge in [0.15, 0.2) is 0 Å². The number of hydrogen-bond donors (Lipinski definition) is 2. The second kappa shape index (κ2) is 5.08. The second-order valence-corrected chi connectivity index (χ2v) is 6.13. The van der Waals surface area contributed by atoms with Crippen molar-refractivity contribution in [1.29, 1.82) is 0 Å². The van der Waals surface area contributed by atoms with Crippen molar-refractivity contribution >= 4 is 27.7 Å². The Balaban J connectivity index is 2.15.